The highest BCUT2D eigenvalue weighted by Gasteiger charge is 2.26. The second kappa shape index (κ2) is 9.64. The zero-order chi connectivity index (χ0) is 19.9. The topological polar surface area (TPSA) is 111 Å². The molecular weight excluding hydrogens is 366 g/mol. The van der Waals surface area contributed by atoms with Gasteiger partial charge in [0.05, 0.1) is 4.90 Å². The number of hydrogen-bond donors (Lipinski definition) is 1. The molecule has 0 saturated heterocycles. The first-order valence-electron chi connectivity index (χ1n) is 8.88. The van der Waals surface area contributed by atoms with Crippen LogP contribution in [0.15, 0.2) is 59.5 Å². The monoisotopic (exact) mass is 391 g/mol. The predicted molar refractivity (Wildman–Crippen MR) is 99.6 cm³/mol. The van der Waals surface area contributed by atoms with Crippen LogP contribution in [0.4, 0.5) is 0 Å². The zero-order valence-corrected chi connectivity index (χ0v) is 16.2. The van der Waals surface area contributed by atoms with Gasteiger partial charge in [-0.05, 0) is 44.7 Å². The van der Waals surface area contributed by atoms with Crippen molar-refractivity contribution in [2.24, 2.45) is 0 Å². The van der Waals surface area contributed by atoms with Crippen molar-refractivity contribution in [1.29, 1.82) is 0 Å². The minimum atomic E-state index is -4.27. The Morgan fingerprint density at radius 2 is 1.63 bits per heavy atom. The van der Waals surface area contributed by atoms with Crippen molar-refractivity contribution in [3.63, 3.8) is 0 Å². The molecule has 0 bridgehead atoms. The van der Waals surface area contributed by atoms with Crippen LogP contribution in [0.3, 0.4) is 0 Å². The van der Waals surface area contributed by atoms with Crippen molar-refractivity contribution >= 4 is 16.1 Å². The van der Waals surface area contributed by atoms with E-state index < -0.39 is 16.2 Å². The maximum atomic E-state index is 11.8. The first-order valence-corrected chi connectivity index (χ1v) is 10.3. The number of esters is 1. The van der Waals surface area contributed by atoms with Crippen molar-refractivity contribution < 1.29 is 28.2 Å². The quantitative estimate of drug-likeness (QED) is 0.635. The Balaban J connectivity index is 0.000000208. The van der Waals surface area contributed by atoms with Gasteiger partial charge in [0.2, 0.25) is 6.04 Å². The molecule has 0 spiro atoms. The lowest BCUT2D eigenvalue weighted by Gasteiger charge is -2.13. The maximum absolute atomic E-state index is 11.8. The molecule has 1 fully saturated rings. The Kier molecular flexibility index (Phi) is 7.53. The molecule has 0 heterocycles. The van der Waals surface area contributed by atoms with Crippen LogP contribution in [-0.2, 0) is 19.6 Å². The molecule has 6 nitrogen and oxygen atoms in total. The number of carbonyl (C=O) groups is 1. The third-order valence-corrected chi connectivity index (χ3v) is 5.23. The van der Waals surface area contributed by atoms with Gasteiger partial charge < -0.3 is 15.0 Å². The molecule has 1 saturated carbocycles. The van der Waals surface area contributed by atoms with Crippen molar-refractivity contribution in [3.05, 3.63) is 65.7 Å². The Labute approximate surface area is 160 Å². The van der Waals surface area contributed by atoms with Gasteiger partial charge in [0.15, 0.2) is 0 Å². The third kappa shape index (κ3) is 6.78. The summed E-state index contributed by atoms with van der Waals surface area (Å²) < 4.78 is 36.6. The van der Waals surface area contributed by atoms with E-state index in [9.17, 15) is 17.8 Å². The van der Waals surface area contributed by atoms with Crippen molar-refractivity contribution in [2.45, 2.75) is 49.6 Å². The number of rotatable bonds is 4. The Bertz CT molecular complexity index is 828. The SMILES string of the molecule is Cc1ccc(S(=O)(=O)[O-])cc1.[NH3+]C(C(=O)OC1CCCC1)c1ccccc1. The fourth-order valence-corrected chi connectivity index (χ4v) is 3.25. The van der Waals surface area contributed by atoms with E-state index in [4.69, 9.17) is 4.74 Å². The van der Waals surface area contributed by atoms with E-state index in [2.05, 4.69) is 5.73 Å². The predicted octanol–water partition coefficient (Wildman–Crippen LogP) is 2.35. The molecule has 0 radical (unpaired) electrons. The highest BCUT2D eigenvalue weighted by atomic mass is 32.2. The second-order valence-electron chi connectivity index (χ2n) is 6.57. The van der Waals surface area contributed by atoms with Crippen LogP contribution in [0.5, 0.6) is 0 Å². The van der Waals surface area contributed by atoms with Crippen molar-refractivity contribution in [3.8, 4) is 0 Å². The fourth-order valence-electron chi connectivity index (χ4n) is 2.78. The number of hydrogen-bond acceptors (Lipinski definition) is 5. The van der Waals surface area contributed by atoms with Crippen LogP contribution in [0, 0.1) is 6.92 Å². The Morgan fingerprint density at radius 3 is 2.15 bits per heavy atom. The lowest BCUT2D eigenvalue weighted by molar-refractivity contribution is -0.415. The Morgan fingerprint density at radius 1 is 1.07 bits per heavy atom. The molecule has 27 heavy (non-hydrogen) atoms. The summed E-state index contributed by atoms with van der Waals surface area (Å²) in [6, 6.07) is 15.0. The Hall–Kier alpha value is -2.22. The summed E-state index contributed by atoms with van der Waals surface area (Å²) in [7, 11) is -4.27. The van der Waals surface area contributed by atoms with E-state index in [-0.39, 0.29) is 17.0 Å². The average molecular weight is 391 g/mol. The van der Waals surface area contributed by atoms with E-state index in [1.807, 2.05) is 37.3 Å². The molecule has 2 aromatic rings. The van der Waals surface area contributed by atoms with Crippen LogP contribution in [0.25, 0.3) is 0 Å². The highest BCUT2D eigenvalue weighted by molar-refractivity contribution is 7.85. The van der Waals surface area contributed by atoms with Crippen LogP contribution < -0.4 is 5.73 Å². The molecule has 146 valence electrons. The minimum Gasteiger partial charge on any atom is -0.744 e. The summed E-state index contributed by atoms with van der Waals surface area (Å²) in [4.78, 5) is 11.6. The van der Waals surface area contributed by atoms with E-state index in [0.29, 0.717) is 0 Å². The fraction of sp³-hybridized carbons (Fsp3) is 0.350. The number of aryl methyl sites for hydroxylation is 1. The number of benzene rings is 2. The molecule has 1 unspecified atom stereocenters. The third-order valence-electron chi connectivity index (χ3n) is 4.38. The molecule has 3 N–H and O–H groups in total. The molecule has 0 amide bonds. The number of quaternary nitrogens is 1. The number of carbonyl (C=O) groups excluding carboxylic acids is 1. The smallest absolute Gasteiger partial charge is 0.370 e. The summed E-state index contributed by atoms with van der Waals surface area (Å²) in [5, 5.41) is 0. The molecule has 3 rings (SSSR count). The van der Waals surface area contributed by atoms with Crippen molar-refractivity contribution in [2.75, 3.05) is 0 Å². The van der Waals surface area contributed by atoms with E-state index in [0.717, 1.165) is 24.0 Å². The summed E-state index contributed by atoms with van der Waals surface area (Å²) >= 11 is 0. The van der Waals surface area contributed by atoms with Crippen molar-refractivity contribution in [1.82, 2.24) is 0 Å². The normalized spacial score (nSPS) is 15.5. The van der Waals surface area contributed by atoms with Gasteiger partial charge in [-0.3, -0.25) is 0 Å². The lowest BCUT2D eigenvalue weighted by atomic mass is 10.1. The first-order chi connectivity index (χ1) is 12.8. The van der Waals surface area contributed by atoms with Gasteiger partial charge in [0, 0.05) is 5.56 Å². The summed E-state index contributed by atoms with van der Waals surface area (Å²) in [5.74, 6) is -0.196. The van der Waals surface area contributed by atoms with Crippen LogP contribution >= 0.6 is 0 Å². The lowest BCUT2D eigenvalue weighted by Crippen LogP contribution is -2.58. The molecule has 7 heteroatoms. The second-order valence-corrected chi connectivity index (χ2v) is 7.95. The first kappa shape index (κ1) is 21.1. The van der Waals surface area contributed by atoms with E-state index in [1.165, 1.54) is 25.0 Å². The standard InChI is InChI=1S/C13H17NO2.C7H8O3S/c14-12(10-6-2-1-3-7-10)13(15)16-11-8-4-5-9-11;1-6-2-4-7(5-3-6)11(8,9)10/h1-3,6-7,11-12H,4-5,8-9,14H2;2-5H,1H3,(H,8,9,10). The largest absolute Gasteiger partial charge is 0.744 e. The average Bonchev–Trinajstić information content (AvgIpc) is 3.15. The molecule has 2 aromatic carbocycles. The summed E-state index contributed by atoms with van der Waals surface area (Å²) in [6.07, 6.45) is 4.48. The molecule has 0 aromatic heterocycles. The highest BCUT2D eigenvalue weighted by Crippen LogP contribution is 2.22. The van der Waals surface area contributed by atoms with E-state index in [1.54, 1.807) is 12.1 Å². The van der Waals surface area contributed by atoms with Crippen LogP contribution in [0.2, 0.25) is 0 Å². The molecule has 1 aliphatic rings. The molecular formula is C20H25NO5S. The maximum Gasteiger partial charge on any atom is 0.370 e. The van der Waals surface area contributed by atoms with Gasteiger partial charge in [-0.25, -0.2) is 13.2 Å². The summed E-state index contributed by atoms with van der Waals surface area (Å²) in [5.41, 5.74) is 5.73. The minimum absolute atomic E-state index is 0.125. The van der Waals surface area contributed by atoms with Gasteiger partial charge in [0.25, 0.3) is 0 Å². The van der Waals surface area contributed by atoms with Gasteiger partial charge in [-0.1, -0.05) is 48.0 Å². The van der Waals surface area contributed by atoms with Crippen LogP contribution in [0.1, 0.15) is 42.9 Å². The molecule has 1 aliphatic carbocycles. The summed E-state index contributed by atoms with van der Waals surface area (Å²) in [6.45, 7) is 1.82. The zero-order valence-electron chi connectivity index (χ0n) is 15.3. The van der Waals surface area contributed by atoms with Gasteiger partial charge in [-0.15, -0.1) is 0 Å². The molecule has 0 aliphatic heterocycles. The van der Waals surface area contributed by atoms with Gasteiger partial charge in [-0.2, -0.15) is 0 Å². The van der Waals surface area contributed by atoms with Crippen LogP contribution in [-0.4, -0.2) is 25.0 Å². The van der Waals surface area contributed by atoms with Gasteiger partial charge in [0.1, 0.15) is 16.2 Å². The van der Waals surface area contributed by atoms with E-state index >= 15 is 0 Å². The molecule has 1 atom stereocenters. The number of ether oxygens (including phenoxy) is 1. The van der Waals surface area contributed by atoms with Gasteiger partial charge >= 0.3 is 5.97 Å².